The second-order valence-corrected chi connectivity index (χ2v) is 7.64. The number of nitrogens with one attached hydrogen (secondary N) is 1. The number of nitrogens with zero attached hydrogens (tertiary/aromatic N) is 1. The molecule has 1 N–H and O–H groups in total. The maximum absolute atomic E-state index is 11.0. The van der Waals surface area contributed by atoms with Crippen LogP contribution in [0.25, 0.3) is 0 Å². The van der Waals surface area contributed by atoms with Crippen molar-refractivity contribution in [1.29, 1.82) is 0 Å². The molecule has 0 spiro atoms. The van der Waals surface area contributed by atoms with E-state index in [0.29, 0.717) is 29.0 Å². The van der Waals surface area contributed by atoms with Gasteiger partial charge in [-0.3, -0.25) is 4.79 Å². The molecule has 2 aromatic rings. The fourth-order valence-corrected chi connectivity index (χ4v) is 2.67. The van der Waals surface area contributed by atoms with Crippen molar-refractivity contribution in [3.8, 4) is 17.4 Å². The van der Waals surface area contributed by atoms with E-state index < -0.39 is 0 Å². The number of pyridine rings is 1. The van der Waals surface area contributed by atoms with E-state index >= 15 is 0 Å². The molecule has 6 heteroatoms. The Labute approximate surface area is 166 Å². The van der Waals surface area contributed by atoms with Gasteiger partial charge < -0.3 is 14.8 Å². The number of carbonyl (C=O) groups is 1. The van der Waals surface area contributed by atoms with Crippen LogP contribution in [-0.4, -0.2) is 23.5 Å². The molecule has 2 rings (SSSR count). The third-order valence-electron chi connectivity index (χ3n) is 4.47. The first-order valence-corrected chi connectivity index (χ1v) is 9.43. The van der Waals surface area contributed by atoms with Crippen LogP contribution in [0.2, 0.25) is 5.02 Å². The summed E-state index contributed by atoms with van der Waals surface area (Å²) in [5, 5.41) is 3.32. The zero-order valence-corrected chi connectivity index (χ0v) is 17.3. The van der Waals surface area contributed by atoms with E-state index in [-0.39, 0.29) is 17.4 Å². The first-order valence-electron chi connectivity index (χ1n) is 9.05. The van der Waals surface area contributed by atoms with E-state index in [9.17, 15) is 4.79 Å². The van der Waals surface area contributed by atoms with Gasteiger partial charge in [0.05, 0.1) is 17.3 Å². The number of benzene rings is 1. The number of rotatable bonds is 8. The van der Waals surface area contributed by atoms with Crippen LogP contribution in [0.3, 0.4) is 0 Å². The van der Waals surface area contributed by atoms with E-state index in [1.165, 1.54) is 12.5 Å². The molecule has 1 aromatic carbocycles. The lowest BCUT2D eigenvalue weighted by Crippen LogP contribution is -2.35. The Hall–Kier alpha value is -2.27. The predicted octanol–water partition coefficient (Wildman–Crippen LogP) is 5.12. The van der Waals surface area contributed by atoms with E-state index in [2.05, 4.69) is 31.1 Å². The van der Waals surface area contributed by atoms with E-state index in [4.69, 9.17) is 21.1 Å². The van der Waals surface area contributed by atoms with Gasteiger partial charge >= 0.3 is 0 Å². The SMILES string of the molecule is CCC(C)(C)c1ccc(Oc2ccc(OCC(C)NC(C)=O)nc2)c(Cl)c1. The van der Waals surface area contributed by atoms with Crippen molar-refractivity contribution in [1.82, 2.24) is 10.3 Å². The van der Waals surface area contributed by atoms with Crippen molar-refractivity contribution in [2.45, 2.75) is 52.5 Å². The lowest BCUT2D eigenvalue weighted by atomic mass is 9.82. The molecule has 1 atom stereocenters. The molecule has 0 radical (unpaired) electrons. The predicted molar refractivity (Wildman–Crippen MR) is 108 cm³/mol. The van der Waals surface area contributed by atoms with Gasteiger partial charge in [0.1, 0.15) is 18.1 Å². The lowest BCUT2D eigenvalue weighted by Gasteiger charge is -2.24. The highest BCUT2D eigenvalue weighted by atomic mass is 35.5. The molecule has 0 bridgehead atoms. The minimum Gasteiger partial charge on any atom is -0.475 e. The fraction of sp³-hybridized carbons (Fsp3) is 0.429. The average Bonchev–Trinajstić information content (AvgIpc) is 2.62. The molecule has 1 heterocycles. The summed E-state index contributed by atoms with van der Waals surface area (Å²) in [5.74, 6) is 1.53. The maximum atomic E-state index is 11.0. The molecule has 1 amide bonds. The monoisotopic (exact) mass is 390 g/mol. The van der Waals surface area contributed by atoms with Crippen molar-refractivity contribution < 1.29 is 14.3 Å². The van der Waals surface area contributed by atoms with Gasteiger partial charge in [-0.25, -0.2) is 4.98 Å². The normalized spacial score (nSPS) is 12.4. The van der Waals surface area contributed by atoms with Gasteiger partial charge in [-0.2, -0.15) is 0 Å². The van der Waals surface area contributed by atoms with Crippen LogP contribution in [-0.2, 0) is 10.2 Å². The Bertz CT molecular complexity index is 775. The molecule has 146 valence electrons. The summed E-state index contributed by atoms with van der Waals surface area (Å²) >= 11 is 6.40. The Balaban J connectivity index is 1.99. The standard InChI is InChI=1S/C21H27ClN2O3/c1-6-21(4,5)16-7-9-19(18(22)11-16)27-17-8-10-20(23-12-17)26-13-14(2)24-15(3)25/h7-12,14H,6,13H2,1-5H3,(H,24,25). The highest BCUT2D eigenvalue weighted by molar-refractivity contribution is 6.32. The Morgan fingerprint density at radius 3 is 2.59 bits per heavy atom. The van der Waals surface area contributed by atoms with Crippen molar-refractivity contribution in [3.05, 3.63) is 47.1 Å². The summed E-state index contributed by atoms with van der Waals surface area (Å²) in [4.78, 5) is 15.2. The molecule has 0 aliphatic heterocycles. The first-order chi connectivity index (χ1) is 12.7. The summed E-state index contributed by atoms with van der Waals surface area (Å²) in [5.41, 5.74) is 1.24. The summed E-state index contributed by atoms with van der Waals surface area (Å²) in [7, 11) is 0. The smallest absolute Gasteiger partial charge is 0.217 e. The summed E-state index contributed by atoms with van der Waals surface area (Å²) in [6.07, 6.45) is 2.61. The number of aromatic nitrogens is 1. The van der Waals surface area contributed by atoms with Gasteiger partial charge in [-0.15, -0.1) is 0 Å². The molecular weight excluding hydrogens is 364 g/mol. The van der Waals surface area contributed by atoms with Gasteiger partial charge in [0.15, 0.2) is 0 Å². The molecule has 0 saturated heterocycles. The summed E-state index contributed by atoms with van der Waals surface area (Å²) < 4.78 is 11.4. The second kappa shape index (κ2) is 9.09. The Morgan fingerprint density at radius 2 is 2.04 bits per heavy atom. The minimum absolute atomic E-state index is 0.0666. The van der Waals surface area contributed by atoms with Crippen molar-refractivity contribution >= 4 is 17.5 Å². The fourth-order valence-electron chi connectivity index (χ4n) is 2.45. The Morgan fingerprint density at radius 1 is 1.30 bits per heavy atom. The van der Waals surface area contributed by atoms with E-state index in [1.807, 2.05) is 25.1 Å². The summed E-state index contributed by atoms with van der Waals surface area (Å²) in [6.45, 7) is 10.2. The van der Waals surface area contributed by atoms with Gasteiger partial charge in [0, 0.05) is 13.0 Å². The molecule has 27 heavy (non-hydrogen) atoms. The number of amides is 1. The van der Waals surface area contributed by atoms with Crippen LogP contribution in [0.15, 0.2) is 36.5 Å². The first kappa shape index (κ1) is 21.0. The van der Waals surface area contributed by atoms with Gasteiger partial charge in [-0.1, -0.05) is 38.4 Å². The highest BCUT2D eigenvalue weighted by Gasteiger charge is 2.19. The molecule has 0 aliphatic carbocycles. The zero-order chi connectivity index (χ0) is 20.0. The third-order valence-corrected chi connectivity index (χ3v) is 4.76. The van der Waals surface area contributed by atoms with Crippen LogP contribution >= 0.6 is 11.6 Å². The topological polar surface area (TPSA) is 60.5 Å². The number of halogens is 1. The van der Waals surface area contributed by atoms with Crippen LogP contribution < -0.4 is 14.8 Å². The molecule has 0 aliphatic rings. The quantitative estimate of drug-likeness (QED) is 0.679. The minimum atomic E-state index is -0.0927. The average molecular weight is 391 g/mol. The Kier molecular flexibility index (Phi) is 7.08. The second-order valence-electron chi connectivity index (χ2n) is 7.23. The summed E-state index contributed by atoms with van der Waals surface area (Å²) in [6, 6.07) is 9.27. The van der Waals surface area contributed by atoms with Crippen LogP contribution in [0.5, 0.6) is 17.4 Å². The van der Waals surface area contributed by atoms with Gasteiger partial charge in [0.2, 0.25) is 11.8 Å². The number of hydrogen-bond donors (Lipinski definition) is 1. The van der Waals surface area contributed by atoms with Gasteiger partial charge in [0.25, 0.3) is 0 Å². The van der Waals surface area contributed by atoms with Crippen LogP contribution in [0.4, 0.5) is 0 Å². The molecule has 5 nitrogen and oxygen atoms in total. The van der Waals surface area contributed by atoms with E-state index in [0.717, 1.165) is 6.42 Å². The number of hydrogen-bond acceptors (Lipinski definition) is 4. The molecule has 0 saturated carbocycles. The molecule has 1 unspecified atom stereocenters. The zero-order valence-electron chi connectivity index (χ0n) is 16.5. The molecular formula is C21H27ClN2O3. The number of carbonyl (C=O) groups excluding carboxylic acids is 1. The van der Waals surface area contributed by atoms with Crippen LogP contribution in [0, 0.1) is 0 Å². The molecule has 0 fully saturated rings. The largest absolute Gasteiger partial charge is 0.475 e. The molecule has 1 aromatic heterocycles. The van der Waals surface area contributed by atoms with Crippen molar-refractivity contribution in [2.24, 2.45) is 0 Å². The van der Waals surface area contributed by atoms with Crippen molar-refractivity contribution in [2.75, 3.05) is 6.61 Å². The van der Waals surface area contributed by atoms with Crippen molar-refractivity contribution in [3.63, 3.8) is 0 Å². The number of ether oxygens (including phenoxy) is 2. The van der Waals surface area contributed by atoms with Gasteiger partial charge in [-0.05, 0) is 42.5 Å². The maximum Gasteiger partial charge on any atom is 0.217 e. The lowest BCUT2D eigenvalue weighted by molar-refractivity contribution is -0.119. The highest BCUT2D eigenvalue weighted by Crippen LogP contribution is 2.35. The third kappa shape index (κ3) is 6.14. The van der Waals surface area contributed by atoms with E-state index in [1.54, 1.807) is 18.3 Å². The van der Waals surface area contributed by atoms with Crippen LogP contribution in [0.1, 0.15) is 46.6 Å².